The molecule has 7 nitrogen and oxygen atoms in total. The third-order valence-corrected chi connectivity index (χ3v) is 5.42. The van der Waals surface area contributed by atoms with Crippen LogP contribution in [0.4, 0.5) is 4.39 Å². The van der Waals surface area contributed by atoms with Crippen molar-refractivity contribution in [2.45, 2.75) is 6.04 Å². The molecular weight excluding hydrogens is 399 g/mol. The van der Waals surface area contributed by atoms with E-state index >= 15 is 0 Å². The second-order valence-corrected chi connectivity index (χ2v) is 7.27. The quantitative estimate of drug-likeness (QED) is 0.632. The first-order chi connectivity index (χ1) is 15.2. The summed E-state index contributed by atoms with van der Waals surface area (Å²) in [5, 5.41) is 3.04. The Morgan fingerprint density at radius 3 is 2.55 bits per heavy atom. The molecule has 162 valence electrons. The van der Waals surface area contributed by atoms with Crippen LogP contribution in [0.1, 0.15) is 22.1 Å². The number of nitrogens with one attached hydrogen (secondary N) is 1. The van der Waals surface area contributed by atoms with Gasteiger partial charge in [-0.15, -0.1) is 0 Å². The largest absolute Gasteiger partial charge is 0.497 e. The van der Waals surface area contributed by atoms with Crippen LogP contribution in [-0.2, 0) is 4.74 Å². The zero-order valence-electron chi connectivity index (χ0n) is 17.3. The molecule has 31 heavy (non-hydrogen) atoms. The first-order valence-electron chi connectivity index (χ1n) is 10.2. The molecule has 0 saturated carbocycles. The Balaban J connectivity index is 1.51. The van der Waals surface area contributed by atoms with Gasteiger partial charge in [-0.3, -0.25) is 14.3 Å². The fourth-order valence-corrected chi connectivity index (χ4v) is 3.72. The number of carbonyl (C=O) groups excluding carboxylic acids is 1. The zero-order chi connectivity index (χ0) is 21.6. The molecule has 1 fully saturated rings. The van der Waals surface area contributed by atoms with Crippen LogP contribution in [0, 0.1) is 5.82 Å². The van der Waals surface area contributed by atoms with Gasteiger partial charge in [0, 0.05) is 25.3 Å². The van der Waals surface area contributed by atoms with Gasteiger partial charge < -0.3 is 14.8 Å². The van der Waals surface area contributed by atoms with Crippen LogP contribution in [0.2, 0.25) is 0 Å². The molecule has 1 N–H and O–H groups in total. The maximum atomic E-state index is 13.3. The summed E-state index contributed by atoms with van der Waals surface area (Å²) in [6.07, 6.45) is 3.06. The van der Waals surface area contributed by atoms with Crippen molar-refractivity contribution in [2.75, 3.05) is 40.0 Å². The van der Waals surface area contributed by atoms with E-state index in [9.17, 15) is 9.18 Å². The van der Waals surface area contributed by atoms with Gasteiger partial charge in [0.25, 0.3) is 5.91 Å². The standard InChI is InChI=1S/C23H25FN4O3/c1-30-20-8-2-17(3-9-20)21(27-10-12-31-13-11-27)15-26-23(29)22-14-25-16-28(22)19-6-4-18(24)5-7-19/h2-9,14,16,21H,10-13,15H2,1H3,(H,26,29)/t21-/m1/s1. The lowest BCUT2D eigenvalue weighted by Crippen LogP contribution is -2.44. The van der Waals surface area contributed by atoms with Crippen LogP contribution < -0.4 is 10.1 Å². The number of methoxy groups -OCH3 is 1. The number of benzene rings is 2. The highest BCUT2D eigenvalue weighted by Gasteiger charge is 2.24. The number of hydrogen-bond acceptors (Lipinski definition) is 5. The average Bonchev–Trinajstić information content (AvgIpc) is 3.31. The number of hydrogen-bond donors (Lipinski definition) is 1. The molecular formula is C23H25FN4O3. The number of morpholine rings is 1. The number of amides is 1. The van der Waals surface area contributed by atoms with Crippen molar-refractivity contribution in [3.8, 4) is 11.4 Å². The van der Waals surface area contributed by atoms with Gasteiger partial charge >= 0.3 is 0 Å². The predicted molar refractivity (Wildman–Crippen MR) is 114 cm³/mol. The van der Waals surface area contributed by atoms with E-state index in [-0.39, 0.29) is 17.8 Å². The molecule has 8 heteroatoms. The van der Waals surface area contributed by atoms with Crippen molar-refractivity contribution in [2.24, 2.45) is 0 Å². The van der Waals surface area contributed by atoms with Crippen molar-refractivity contribution in [3.63, 3.8) is 0 Å². The molecule has 0 unspecified atom stereocenters. The Kier molecular flexibility index (Phi) is 6.59. The Bertz CT molecular complexity index is 998. The topological polar surface area (TPSA) is 68.6 Å². The molecule has 3 aromatic rings. The molecule has 0 bridgehead atoms. The van der Waals surface area contributed by atoms with Crippen LogP contribution in [0.15, 0.2) is 61.1 Å². The minimum absolute atomic E-state index is 0.000878. The third-order valence-electron chi connectivity index (χ3n) is 5.42. The Morgan fingerprint density at radius 2 is 1.87 bits per heavy atom. The number of aromatic nitrogens is 2. The van der Waals surface area contributed by atoms with Crippen LogP contribution >= 0.6 is 0 Å². The van der Waals surface area contributed by atoms with Crippen molar-refractivity contribution in [1.29, 1.82) is 0 Å². The first-order valence-corrected chi connectivity index (χ1v) is 10.2. The van der Waals surface area contributed by atoms with E-state index in [1.807, 2.05) is 24.3 Å². The maximum Gasteiger partial charge on any atom is 0.269 e. The van der Waals surface area contributed by atoms with Gasteiger partial charge in [-0.05, 0) is 42.0 Å². The van der Waals surface area contributed by atoms with E-state index < -0.39 is 0 Å². The second-order valence-electron chi connectivity index (χ2n) is 7.27. The first kappa shape index (κ1) is 21.0. The minimum atomic E-state index is -0.331. The normalized spacial score (nSPS) is 15.4. The lowest BCUT2D eigenvalue weighted by Gasteiger charge is -2.35. The number of rotatable bonds is 7. The van der Waals surface area contributed by atoms with Crippen LogP contribution in [-0.4, -0.2) is 60.3 Å². The van der Waals surface area contributed by atoms with Crippen molar-refractivity contribution >= 4 is 5.91 Å². The Morgan fingerprint density at radius 1 is 1.16 bits per heavy atom. The van der Waals surface area contributed by atoms with E-state index in [0.717, 1.165) is 24.4 Å². The fraction of sp³-hybridized carbons (Fsp3) is 0.304. The SMILES string of the molecule is COc1ccc([C@@H](CNC(=O)c2cncn2-c2ccc(F)cc2)N2CCOCC2)cc1. The van der Waals surface area contributed by atoms with E-state index in [2.05, 4.69) is 15.2 Å². The lowest BCUT2D eigenvalue weighted by atomic mass is 10.0. The molecule has 0 radical (unpaired) electrons. The van der Waals surface area contributed by atoms with Crippen LogP contribution in [0.3, 0.4) is 0 Å². The van der Waals surface area contributed by atoms with Gasteiger partial charge in [0.1, 0.15) is 17.3 Å². The van der Waals surface area contributed by atoms with Crippen LogP contribution in [0.25, 0.3) is 5.69 Å². The molecule has 1 amide bonds. The molecule has 0 spiro atoms. The van der Waals surface area contributed by atoms with E-state index in [4.69, 9.17) is 9.47 Å². The highest BCUT2D eigenvalue weighted by Crippen LogP contribution is 2.24. The number of nitrogens with zero attached hydrogens (tertiary/aromatic N) is 3. The van der Waals surface area contributed by atoms with Gasteiger partial charge in [0.05, 0.1) is 38.9 Å². The molecule has 1 saturated heterocycles. The summed E-state index contributed by atoms with van der Waals surface area (Å²) in [6.45, 7) is 3.34. The summed E-state index contributed by atoms with van der Waals surface area (Å²) >= 11 is 0. The summed E-state index contributed by atoms with van der Waals surface area (Å²) < 4.78 is 25.7. The summed E-state index contributed by atoms with van der Waals surface area (Å²) in [4.78, 5) is 19.4. The molecule has 1 atom stereocenters. The highest BCUT2D eigenvalue weighted by molar-refractivity contribution is 5.93. The van der Waals surface area contributed by atoms with Crippen molar-refractivity contribution in [3.05, 3.63) is 78.1 Å². The fourth-order valence-electron chi connectivity index (χ4n) is 3.72. The van der Waals surface area contributed by atoms with Gasteiger partial charge in [-0.25, -0.2) is 9.37 Å². The molecule has 1 aromatic heterocycles. The van der Waals surface area contributed by atoms with E-state index in [0.29, 0.717) is 31.1 Å². The maximum absolute atomic E-state index is 13.3. The number of ether oxygens (including phenoxy) is 2. The van der Waals surface area contributed by atoms with E-state index in [1.165, 1.54) is 18.3 Å². The van der Waals surface area contributed by atoms with Crippen LogP contribution in [0.5, 0.6) is 5.75 Å². The predicted octanol–water partition coefficient (Wildman–Crippen LogP) is 2.82. The molecule has 0 aliphatic carbocycles. The number of imidazole rings is 1. The summed E-state index contributed by atoms with van der Waals surface area (Å²) in [6, 6.07) is 13.8. The number of halogens is 1. The van der Waals surface area contributed by atoms with Gasteiger partial charge in [0.2, 0.25) is 0 Å². The Labute approximate surface area is 180 Å². The Hall–Kier alpha value is -3.23. The lowest BCUT2D eigenvalue weighted by molar-refractivity contribution is 0.0162. The third kappa shape index (κ3) is 4.92. The average molecular weight is 424 g/mol. The van der Waals surface area contributed by atoms with Gasteiger partial charge in [-0.1, -0.05) is 12.1 Å². The van der Waals surface area contributed by atoms with Gasteiger partial charge in [0.15, 0.2) is 0 Å². The molecule has 1 aliphatic heterocycles. The molecule has 4 rings (SSSR count). The smallest absolute Gasteiger partial charge is 0.269 e. The molecule has 2 heterocycles. The summed E-state index contributed by atoms with van der Waals surface area (Å²) in [7, 11) is 1.64. The van der Waals surface area contributed by atoms with Gasteiger partial charge in [-0.2, -0.15) is 0 Å². The minimum Gasteiger partial charge on any atom is -0.497 e. The van der Waals surface area contributed by atoms with Crippen molar-refractivity contribution in [1.82, 2.24) is 19.8 Å². The second kappa shape index (κ2) is 9.72. The summed E-state index contributed by atoms with van der Waals surface area (Å²) in [5.41, 5.74) is 2.15. The van der Waals surface area contributed by atoms with E-state index in [1.54, 1.807) is 30.1 Å². The summed E-state index contributed by atoms with van der Waals surface area (Å²) in [5.74, 6) is 0.216. The molecule has 1 aliphatic rings. The zero-order valence-corrected chi connectivity index (χ0v) is 17.3. The highest BCUT2D eigenvalue weighted by atomic mass is 19.1. The monoisotopic (exact) mass is 424 g/mol. The number of carbonyl (C=O) groups is 1. The van der Waals surface area contributed by atoms with Crippen molar-refractivity contribution < 1.29 is 18.7 Å². The molecule has 2 aromatic carbocycles.